The van der Waals surface area contributed by atoms with Crippen molar-refractivity contribution in [1.82, 2.24) is 4.98 Å². The summed E-state index contributed by atoms with van der Waals surface area (Å²) in [6.07, 6.45) is 3.37. The Labute approximate surface area is 117 Å². The molecular weight excluding hydrogens is 254 g/mol. The largest absolute Gasteiger partial charge is 0.496 e. The van der Waals surface area contributed by atoms with E-state index in [9.17, 15) is 0 Å². The number of anilines is 1. The summed E-state index contributed by atoms with van der Waals surface area (Å²) in [5, 5.41) is 14.3. The first-order chi connectivity index (χ1) is 9.83. The molecule has 0 amide bonds. The molecule has 1 aliphatic rings. The van der Waals surface area contributed by atoms with Crippen LogP contribution in [0.2, 0.25) is 0 Å². The number of piperidine rings is 1. The Kier molecular flexibility index (Phi) is 3.41. The van der Waals surface area contributed by atoms with E-state index in [1.807, 2.05) is 24.4 Å². The number of hydrogen-bond acceptors (Lipinski definition) is 5. The van der Waals surface area contributed by atoms with Gasteiger partial charge in [0.05, 0.1) is 12.8 Å². The molecule has 2 aromatic rings. The van der Waals surface area contributed by atoms with Crippen LogP contribution in [0, 0.1) is 0 Å². The Morgan fingerprint density at radius 1 is 1.20 bits per heavy atom. The summed E-state index contributed by atoms with van der Waals surface area (Å²) < 4.78 is 5.41. The summed E-state index contributed by atoms with van der Waals surface area (Å²) in [5.41, 5.74) is 0.860. The number of hydrogen-bond donors (Lipinski definition) is 1. The van der Waals surface area contributed by atoms with Gasteiger partial charge < -0.3 is 14.8 Å². The van der Waals surface area contributed by atoms with E-state index in [4.69, 9.17) is 9.94 Å². The van der Waals surface area contributed by atoms with Crippen molar-refractivity contribution in [3.63, 3.8) is 0 Å². The molecule has 0 saturated carbocycles. The highest BCUT2D eigenvalue weighted by Gasteiger charge is 2.19. The first-order valence-electron chi connectivity index (χ1n) is 6.70. The minimum absolute atomic E-state index is 0.776. The molecule has 2 heterocycles. The van der Waals surface area contributed by atoms with Gasteiger partial charge in [-0.25, -0.2) is 4.98 Å². The summed E-state index contributed by atoms with van der Waals surface area (Å²) in [7, 11) is 1.68. The van der Waals surface area contributed by atoms with E-state index in [-0.39, 0.29) is 0 Å². The van der Waals surface area contributed by atoms with Gasteiger partial charge in [-0.1, -0.05) is 17.3 Å². The van der Waals surface area contributed by atoms with Crippen LogP contribution in [0.1, 0.15) is 12.8 Å². The van der Waals surface area contributed by atoms with Gasteiger partial charge >= 0.3 is 0 Å². The predicted octanol–water partition coefficient (Wildman–Crippen LogP) is 2.67. The van der Waals surface area contributed by atoms with Crippen LogP contribution in [0.4, 0.5) is 5.82 Å². The second-order valence-electron chi connectivity index (χ2n) is 4.84. The first kappa shape index (κ1) is 12.7. The highest BCUT2D eigenvalue weighted by molar-refractivity contribution is 5.97. The smallest absolute Gasteiger partial charge is 0.136 e. The number of nitrogens with zero attached hydrogens (tertiary/aromatic N) is 3. The van der Waals surface area contributed by atoms with Crippen LogP contribution in [0.3, 0.4) is 0 Å². The lowest BCUT2D eigenvalue weighted by atomic mass is 10.1. The number of benzene rings is 1. The van der Waals surface area contributed by atoms with Crippen LogP contribution in [0.25, 0.3) is 10.8 Å². The molecule has 1 aliphatic heterocycles. The fourth-order valence-electron chi connectivity index (χ4n) is 2.67. The van der Waals surface area contributed by atoms with Crippen molar-refractivity contribution < 1.29 is 9.94 Å². The van der Waals surface area contributed by atoms with E-state index >= 15 is 0 Å². The molecule has 5 nitrogen and oxygen atoms in total. The zero-order valence-electron chi connectivity index (χ0n) is 11.4. The highest BCUT2D eigenvalue weighted by Crippen LogP contribution is 2.31. The fraction of sp³-hybridized carbons (Fsp3) is 0.333. The van der Waals surface area contributed by atoms with E-state index in [1.165, 1.54) is 0 Å². The second-order valence-corrected chi connectivity index (χ2v) is 4.84. The van der Waals surface area contributed by atoms with Crippen molar-refractivity contribution in [2.75, 3.05) is 25.1 Å². The molecule has 1 N–H and O–H groups in total. The summed E-state index contributed by atoms with van der Waals surface area (Å²) in [4.78, 5) is 6.76. The molecule has 0 spiro atoms. The molecule has 1 aromatic heterocycles. The Hall–Kier alpha value is -2.30. The topological polar surface area (TPSA) is 58.0 Å². The van der Waals surface area contributed by atoms with Gasteiger partial charge in [0, 0.05) is 42.9 Å². The van der Waals surface area contributed by atoms with Crippen molar-refractivity contribution in [2.24, 2.45) is 5.16 Å². The third kappa shape index (κ3) is 2.15. The molecule has 0 radical (unpaired) electrons. The molecule has 0 aliphatic carbocycles. The van der Waals surface area contributed by atoms with E-state index in [0.29, 0.717) is 0 Å². The monoisotopic (exact) mass is 271 g/mol. The van der Waals surface area contributed by atoms with Gasteiger partial charge in [-0.05, 0) is 12.1 Å². The quantitative estimate of drug-likeness (QED) is 0.674. The van der Waals surface area contributed by atoms with Gasteiger partial charge in [0.25, 0.3) is 0 Å². The van der Waals surface area contributed by atoms with Crippen LogP contribution in [-0.2, 0) is 0 Å². The number of ether oxygens (including phenoxy) is 1. The Morgan fingerprint density at radius 3 is 2.70 bits per heavy atom. The number of pyridine rings is 1. The van der Waals surface area contributed by atoms with Crippen LogP contribution in [0.5, 0.6) is 5.75 Å². The zero-order valence-corrected chi connectivity index (χ0v) is 11.4. The molecule has 104 valence electrons. The molecule has 0 bridgehead atoms. The Bertz CT molecular complexity index is 645. The lowest BCUT2D eigenvalue weighted by Gasteiger charge is -2.29. The van der Waals surface area contributed by atoms with Crippen LogP contribution < -0.4 is 9.64 Å². The average Bonchev–Trinajstić information content (AvgIpc) is 2.54. The molecule has 1 aromatic carbocycles. The predicted molar refractivity (Wildman–Crippen MR) is 79.0 cm³/mol. The molecule has 1 fully saturated rings. The molecule has 1 saturated heterocycles. The Morgan fingerprint density at radius 2 is 2.00 bits per heavy atom. The van der Waals surface area contributed by atoms with E-state index in [1.54, 1.807) is 7.11 Å². The number of rotatable bonds is 2. The van der Waals surface area contributed by atoms with Gasteiger partial charge in [-0.2, -0.15) is 0 Å². The van der Waals surface area contributed by atoms with Crippen molar-refractivity contribution in [3.8, 4) is 5.75 Å². The maximum absolute atomic E-state index is 8.83. The summed E-state index contributed by atoms with van der Waals surface area (Å²) >= 11 is 0. The number of aromatic nitrogens is 1. The zero-order chi connectivity index (χ0) is 13.9. The fourth-order valence-corrected chi connectivity index (χ4v) is 2.67. The molecule has 0 unspecified atom stereocenters. The van der Waals surface area contributed by atoms with Crippen LogP contribution in [0.15, 0.2) is 35.6 Å². The Balaban J connectivity index is 2.00. The van der Waals surface area contributed by atoms with Gasteiger partial charge in [-0.15, -0.1) is 0 Å². The third-order valence-corrected chi connectivity index (χ3v) is 3.75. The van der Waals surface area contributed by atoms with Gasteiger partial charge in [0.1, 0.15) is 11.6 Å². The average molecular weight is 271 g/mol. The lowest BCUT2D eigenvalue weighted by Crippen LogP contribution is -2.34. The SMILES string of the molecule is COc1cccc2c(N3CCC(=NO)CC3)nccc12. The van der Waals surface area contributed by atoms with Crippen molar-refractivity contribution in [3.05, 3.63) is 30.5 Å². The summed E-state index contributed by atoms with van der Waals surface area (Å²) in [6, 6.07) is 7.98. The second kappa shape index (κ2) is 5.36. The van der Waals surface area contributed by atoms with Gasteiger partial charge in [0.2, 0.25) is 0 Å². The van der Waals surface area contributed by atoms with Crippen molar-refractivity contribution in [2.45, 2.75) is 12.8 Å². The molecule has 0 atom stereocenters. The number of methoxy groups -OCH3 is 1. The van der Waals surface area contributed by atoms with Crippen molar-refractivity contribution in [1.29, 1.82) is 0 Å². The highest BCUT2D eigenvalue weighted by atomic mass is 16.5. The number of fused-ring (bicyclic) bond motifs is 1. The van der Waals surface area contributed by atoms with E-state index < -0.39 is 0 Å². The standard InChI is InChI=1S/C15H17N3O2/c1-20-14-4-2-3-13-12(14)5-8-16-15(13)18-9-6-11(17-19)7-10-18/h2-5,8,19H,6-7,9-10H2,1H3. The molecular formula is C15H17N3O2. The van der Waals surface area contributed by atoms with Crippen molar-refractivity contribution >= 4 is 22.3 Å². The minimum atomic E-state index is 0.776. The van der Waals surface area contributed by atoms with E-state index in [2.05, 4.69) is 21.1 Å². The molecule has 3 rings (SSSR count). The van der Waals surface area contributed by atoms with Crippen LogP contribution >= 0.6 is 0 Å². The normalized spacial score (nSPS) is 15.4. The summed E-state index contributed by atoms with van der Waals surface area (Å²) in [6.45, 7) is 1.64. The van der Waals surface area contributed by atoms with Gasteiger partial charge in [0.15, 0.2) is 0 Å². The molecule has 5 heteroatoms. The van der Waals surface area contributed by atoms with Crippen LogP contribution in [-0.4, -0.2) is 36.1 Å². The minimum Gasteiger partial charge on any atom is -0.496 e. The summed E-state index contributed by atoms with van der Waals surface area (Å²) in [5.74, 6) is 1.83. The first-order valence-corrected chi connectivity index (χ1v) is 6.70. The lowest BCUT2D eigenvalue weighted by molar-refractivity contribution is 0.315. The maximum atomic E-state index is 8.83. The van der Waals surface area contributed by atoms with Gasteiger partial charge in [-0.3, -0.25) is 0 Å². The number of oxime groups is 1. The van der Waals surface area contributed by atoms with E-state index in [0.717, 1.165) is 54.0 Å². The third-order valence-electron chi connectivity index (χ3n) is 3.75. The maximum Gasteiger partial charge on any atom is 0.136 e. The molecule has 20 heavy (non-hydrogen) atoms.